The lowest BCUT2D eigenvalue weighted by atomic mass is 9.99. The zero-order chi connectivity index (χ0) is 75.9. The smallest absolute Gasteiger partial charge is 0.328 e. The molecule has 10 atom stereocenters. The molecule has 1 aliphatic heterocycles. The Bertz CT molecular complexity index is 3250. The van der Waals surface area contributed by atoms with Crippen molar-refractivity contribution in [1.29, 1.82) is 0 Å². The summed E-state index contributed by atoms with van der Waals surface area (Å²) in [7, 11) is 1.10. The minimum Gasteiger partial charge on any atom is -0.508 e. The number of primary amides is 1. The van der Waals surface area contributed by atoms with Gasteiger partial charge in [0.2, 0.25) is 70.9 Å². The molecule has 0 radical (unpaired) electrons. The molecular formula is C64H102N20O17. The third-order valence-corrected chi connectivity index (χ3v) is 16.0. The summed E-state index contributed by atoms with van der Waals surface area (Å²) < 4.78 is 4.92. The number of amides is 12. The van der Waals surface area contributed by atoms with Crippen LogP contribution in [0.5, 0.6) is 11.5 Å². The highest BCUT2D eigenvalue weighted by Crippen LogP contribution is 2.22. The summed E-state index contributed by atoms with van der Waals surface area (Å²) in [6.45, 7) is 7.19. The fraction of sp³-hybridized carbons (Fsp3) is 0.578. The Hall–Kier alpha value is -10.4. The number of carbonyl (C=O) groups excluding carboxylic acids is 13. The Balaban J connectivity index is 1.83. The number of rotatable bonds is 42. The summed E-state index contributed by atoms with van der Waals surface area (Å²) >= 11 is 0. The molecule has 1 fully saturated rings. The van der Waals surface area contributed by atoms with Gasteiger partial charge in [-0.1, -0.05) is 24.3 Å². The molecule has 12 amide bonds. The van der Waals surface area contributed by atoms with E-state index in [-0.39, 0.29) is 107 Å². The number of unbranched alkanes of at least 4 members (excludes halogenated alkanes) is 1. The van der Waals surface area contributed by atoms with Gasteiger partial charge in [0.15, 0.2) is 11.9 Å². The number of ether oxygens (including phenoxy) is 1. The van der Waals surface area contributed by atoms with Crippen LogP contribution in [0.1, 0.15) is 123 Å². The van der Waals surface area contributed by atoms with Crippen molar-refractivity contribution in [3.8, 4) is 11.5 Å². The Kier molecular flexibility index (Phi) is 34.6. The molecule has 0 saturated carbocycles. The second kappa shape index (κ2) is 41.2. The van der Waals surface area contributed by atoms with E-state index in [1.807, 2.05) is 0 Å². The van der Waals surface area contributed by atoms with Gasteiger partial charge in [-0.15, -0.1) is 0 Å². The number of benzene rings is 2. The first-order chi connectivity index (χ1) is 47.4. The van der Waals surface area contributed by atoms with Crippen LogP contribution in [0.3, 0.4) is 0 Å². The molecule has 101 heavy (non-hydrogen) atoms. The van der Waals surface area contributed by atoms with Gasteiger partial charge in [0, 0.05) is 38.9 Å². The molecule has 0 bridgehead atoms. The van der Waals surface area contributed by atoms with Crippen LogP contribution in [0.15, 0.2) is 58.5 Å². The van der Waals surface area contributed by atoms with Gasteiger partial charge in [-0.2, -0.15) is 0 Å². The molecule has 560 valence electrons. The molecule has 0 spiro atoms. The maximum Gasteiger partial charge on any atom is 0.328 e. The zero-order valence-electron chi connectivity index (χ0n) is 58.1. The van der Waals surface area contributed by atoms with Crippen LogP contribution in [-0.4, -0.2) is 220 Å². The molecule has 27 N–H and O–H groups in total. The minimum atomic E-state index is -1.90. The van der Waals surface area contributed by atoms with E-state index in [1.54, 1.807) is 0 Å². The summed E-state index contributed by atoms with van der Waals surface area (Å²) in [6, 6.07) is -2.42. The fourth-order valence-corrected chi connectivity index (χ4v) is 10.2. The van der Waals surface area contributed by atoms with Crippen LogP contribution < -0.4 is 93.3 Å². The average molecular weight is 1420 g/mol. The Morgan fingerprint density at radius 3 is 1.41 bits per heavy atom. The average Bonchev–Trinajstić information content (AvgIpc) is 1.80. The van der Waals surface area contributed by atoms with Crippen LogP contribution in [0, 0.1) is 0 Å². The molecule has 1 heterocycles. The van der Waals surface area contributed by atoms with E-state index in [2.05, 4.69) is 63.2 Å². The zero-order valence-corrected chi connectivity index (χ0v) is 58.1. The highest BCUT2D eigenvalue weighted by atomic mass is 16.5. The van der Waals surface area contributed by atoms with Gasteiger partial charge in [0.05, 0.1) is 19.8 Å². The predicted octanol–water partition coefficient (Wildman–Crippen LogP) is -6.42. The monoisotopic (exact) mass is 1420 g/mol. The van der Waals surface area contributed by atoms with Gasteiger partial charge in [-0.25, -0.2) is 4.79 Å². The van der Waals surface area contributed by atoms with Crippen LogP contribution in [0.2, 0.25) is 0 Å². The van der Waals surface area contributed by atoms with Crippen LogP contribution in [0.4, 0.5) is 0 Å². The number of guanidine groups is 2. The number of methoxy groups -OCH3 is 1. The number of nitrogens with zero attached hydrogens (tertiary/aromatic N) is 3. The number of aliphatic imine (C=N–C) groups is 2. The van der Waals surface area contributed by atoms with Crippen LogP contribution in [-0.2, 0) is 79.9 Å². The molecular weight excluding hydrogens is 1320 g/mol. The number of hydrogen-bond acceptors (Lipinski definition) is 21. The minimum absolute atomic E-state index is 0.00745. The maximum atomic E-state index is 14.4. The molecule has 1 saturated heterocycles. The first-order valence-electron chi connectivity index (χ1n) is 32.9. The predicted molar refractivity (Wildman–Crippen MR) is 368 cm³/mol. The Morgan fingerprint density at radius 1 is 0.545 bits per heavy atom. The van der Waals surface area contributed by atoms with E-state index in [0.717, 1.165) is 7.11 Å². The topological polar surface area (TPSA) is 622 Å². The number of aliphatic hydroxyl groups is 1. The van der Waals surface area contributed by atoms with Crippen molar-refractivity contribution in [1.82, 2.24) is 58.1 Å². The molecule has 37 nitrogen and oxygen atoms in total. The third kappa shape index (κ3) is 29.1. The Labute approximate surface area is 584 Å². The number of hydrogen-bond donors (Lipinski definition) is 20. The summed E-state index contributed by atoms with van der Waals surface area (Å²) in [6.07, 6.45) is -0.389. The maximum absolute atomic E-state index is 14.4. The number of aromatic hydroxyl groups is 2. The van der Waals surface area contributed by atoms with Crippen molar-refractivity contribution < 1.29 is 82.4 Å². The molecule has 0 aromatic heterocycles. The molecule has 0 aliphatic carbocycles. The van der Waals surface area contributed by atoms with E-state index in [0.29, 0.717) is 24.0 Å². The lowest BCUT2D eigenvalue weighted by Crippen LogP contribution is -2.63. The van der Waals surface area contributed by atoms with E-state index in [4.69, 9.17) is 44.9 Å². The van der Waals surface area contributed by atoms with Crippen molar-refractivity contribution >= 4 is 88.8 Å². The van der Waals surface area contributed by atoms with Crippen LogP contribution >= 0.6 is 0 Å². The van der Waals surface area contributed by atoms with Gasteiger partial charge in [-0.05, 0) is 148 Å². The summed E-state index contributed by atoms with van der Waals surface area (Å²) in [5, 5.41) is 55.6. The van der Waals surface area contributed by atoms with E-state index in [9.17, 15) is 77.6 Å². The van der Waals surface area contributed by atoms with Gasteiger partial charge in [0.25, 0.3) is 0 Å². The fourth-order valence-electron chi connectivity index (χ4n) is 10.2. The third-order valence-electron chi connectivity index (χ3n) is 16.0. The molecule has 1 aliphatic rings. The quantitative estimate of drug-likeness (QED) is 0.0127. The summed E-state index contributed by atoms with van der Waals surface area (Å²) in [5.74, 6) is -12.2. The van der Waals surface area contributed by atoms with E-state index < -0.39 is 168 Å². The summed E-state index contributed by atoms with van der Waals surface area (Å²) in [4.78, 5) is 188. The second-order valence-electron chi connectivity index (χ2n) is 25.4. The molecule has 2 aromatic rings. The van der Waals surface area contributed by atoms with Crippen molar-refractivity contribution in [3.05, 3.63) is 59.7 Å². The number of nitrogens with two attached hydrogens (primary N) is 7. The van der Waals surface area contributed by atoms with Crippen molar-refractivity contribution in [3.63, 3.8) is 0 Å². The lowest BCUT2D eigenvalue weighted by Gasteiger charge is -2.32. The SMILES string of the molecule is COC(=O)[C@H](Cc1ccc(O)cc1)NC(=O)[C@H](CCCN=C(N)N)NC(=O)[C@H](CCC(N)=O)NC(=O)[C@H](CCCN=C(N)N)NC(=O)C(C)(C)NC(=O)[C@H](C)NC(=O)[C@H](CCCCN)NC(=O)[C@H](CO)NC(=O)[C@@H]1CCCN1C(=O)[C@H](Cc1ccc(O)cc1)NC(=O)C(C)(C)NC(=O)[C@H](C)N. The number of phenols is 2. The number of phenolic OH excluding ortho intramolecular Hbond substituents is 2. The van der Waals surface area contributed by atoms with E-state index in [1.165, 1.54) is 95.0 Å². The highest BCUT2D eigenvalue weighted by Gasteiger charge is 2.42. The number of carbonyl (C=O) groups is 13. The molecule has 3 rings (SSSR count). The standard InChI is InChI=1S/C64H102N20O17/c1-34(66)49(89)82-63(3,4)60(100)81-44(31-36-17-21-38(86)22-18-36)57(97)84-30-12-16-47(84)56(96)79-46(33-85)55(95)76-40(13-8-9-27-65)51(91)74-35(2)50(90)83-64(5,6)59(99)80-42(15-11-29-73-62(70)71)53(93)77-43(25-26-48(67)88)54(94)75-41(14-10-28-72-61(68)69)52(92)78-45(58(98)101-7)32-37-19-23-39(87)24-20-37/h17-24,34-35,40-47,85-87H,8-16,25-33,65-66H2,1-7H3,(H2,67,88)(H,74,91)(H,75,94)(H,76,95)(H,77,93)(H,78,92)(H,79,96)(H,80,99)(H,81,100)(H,82,89)(H,83,90)(H4,68,69,72)(H4,70,71,73)/t34-,35-,40-,41-,42-,43-,44-,45-,46-,47-/m0/s1. The van der Waals surface area contributed by atoms with Gasteiger partial charge in [0.1, 0.15) is 77.0 Å². The number of esters is 1. The normalized spacial score (nSPS) is 15.4. The molecule has 37 heteroatoms. The Morgan fingerprint density at radius 2 is 0.960 bits per heavy atom. The van der Waals surface area contributed by atoms with Crippen molar-refractivity contribution in [2.75, 3.05) is 39.9 Å². The van der Waals surface area contributed by atoms with Crippen LogP contribution in [0.25, 0.3) is 0 Å². The van der Waals surface area contributed by atoms with E-state index >= 15 is 0 Å². The first-order valence-corrected chi connectivity index (χ1v) is 32.9. The van der Waals surface area contributed by atoms with Gasteiger partial charge >= 0.3 is 5.97 Å². The highest BCUT2D eigenvalue weighted by molar-refractivity contribution is 6.00. The molecule has 2 aromatic carbocycles. The van der Waals surface area contributed by atoms with Crippen molar-refractivity contribution in [2.45, 2.75) is 197 Å². The van der Waals surface area contributed by atoms with Crippen molar-refractivity contribution in [2.24, 2.45) is 50.1 Å². The number of likely N-dealkylation sites (tertiary alicyclic amines) is 1. The lowest BCUT2D eigenvalue weighted by molar-refractivity contribution is -0.145. The first kappa shape index (κ1) is 84.8. The second-order valence-corrected chi connectivity index (χ2v) is 25.4. The number of aliphatic hydroxyl groups excluding tert-OH is 1. The van der Waals surface area contributed by atoms with Gasteiger partial charge < -0.3 is 118 Å². The number of nitrogens with one attached hydrogen (secondary N) is 10. The largest absolute Gasteiger partial charge is 0.508 e. The van der Waals surface area contributed by atoms with Gasteiger partial charge in [-0.3, -0.25) is 67.5 Å². The summed E-state index contributed by atoms with van der Waals surface area (Å²) in [5.41, 5.74) is 36.5. The molecule has 0 unspecified atom stereocenters.